The lowest BCUT2D eigenvalue weighted by Crippen LogP contribution is -2.12. The van der Waals surface area contributed by atoms with E-state index in [0.29, 0.717) is 24.3 Å². The third-order valence-electron chi connectivity index (χ3n) is 3.44. The summed E-state index contributed by atoms with van der Waals surface area (Å²) in [6.07, 6.45) is 1.15. The number of alkyl halides is 1. The molecule has 2 aromatic rings. The first-order valence-corrected chi connectivity index (χ1v) is 7.29. The van der Waals surface area contributed by atoms with Crippen LogP contribution in [-0.2, 0) is 12.8 Å². The minimum Gasteiger partial charge on any atom is -0.496 e. The van der Waals surface area contributed by atoms with Crippen LogP contribution in [0.2, 0.25) is 0 Å². The van der Waals surface area contributed by atoms with Crippen molar-refractivity contribution in [3.05, 3.63) is 65.2 Å². The molecule has 0 bridgehead atoms. The zero-order valence-electron chi connectivity index (χ0n) is 11.8. The molecular formula is C17H17ClF2O. The van der Waals surface area contributed by atoms with Crippen LogP contribution in [0.5, 0.6) is 5.75 Å². The third-order valence-corrected chi connectivity index (χ3v) is 3.88. The number of hydrogen-bond donors (Lipinski definition) is 0. The normalized spacial score (nSPS) is 12.2. The van der Waals surface area contributed by atoms with E-state index in [0.717, 1.165) is 17.4 Å². The number of methoxy groups -OCH3 is 1. The summed E-state index contributed by atoms with van der Waals surface area (Å²) in [5, 5.41) is 0. The van der Waals surface area contributed by atoms with Crippen LogP contribution < -0.4 is 4.74 Å². The average Bonchev–Trinajstić information content (AvgIpc) is 2.49. The first kappa shape index (κ1) is 15.8. The fourth-order valence-corrected chi connectivity index (χ4v) is 2.58. The molecule has 0 saturated carbocycles. The quantitative estimate of drug-likeness (QED) is 0.708. The molecule has 0 fully saturated rings. The monoisotopic (exact) mass is 310 g/mol. The molecule has 0 heterocycles. The van der Waals surface area contributed by atoms with Gasteiger partial charge in [0.2, 0.25) is 0 Å². The zero-order valence-corrected chi connectivity index (χ0v) is 12.5. The highest BCUT2D eigenvalue weighted by Gasteiger charge is 2.15. The van der Waals surface area contributed by atoms with E-state index in [1.54, 1.807) is 7.11 Å². The van der Waals surface area contributed by atoms with Crippen LogP contribution >= 0.6 is 11.6 Å². The maximum absolute atomic E-state index is 13.7. The Bertz CT molecular complexity index is 601. The summed E-state index contributed by atoms with van der Waals surface area (Å²) in [6.45, 7) is 0. The first-order chi connectivity index (χ1) is 10.1. The molecule has 0 aliphatic rings. The van der Waals surface area contributed by atoms with Crippen molar-refractivity contribution < 1.29 is 13.5 Å². The predicted molar refractivity (Wildman–Crippen MR) is 81.0 cm³/mol. The van der Waals surface area contributed by atoms with Crippen molar-refractivity contribution in [1.82, 2.24) is 0 Å². The van der Waals surface area contributed by atoms with E-state index in [1.807, 2.05) is 24.3 Å². The molecule has 2 aromatic carbocycles. The second-order valence-electron chi connectivity index (χ2n) is 4.98. The molecule has 0 aliphatic carbocycles. The van der Waals surface area contributed by atoms with Crippen molar-refractivity contribution in [3.63, 3.8) is 0 Å². The van der Waals surface area contributed by atoms with E-state index in [2.05, 4.69) is 0 Å². The highest BCUT2D eigenvalue weighted by molar-refractivity contribution is 6.18. The molecule has 2 rings (SSSR count). The van der Waals surface area contributed by atoms with E-state index in [4.69, 9.17) is 16.3 Å². The Balaban J connectivity index is 2.13. The Morgan fingerprint density at radius 1 is 1.05 bits per heavy atom. The Hall–Kier alpha value is -1.61. The maximum Gasteiger partial charge on any atom is 0.129 e. The van der Waals surface area contributed by atoms with Gasteiger partial charge in [0.1, 0.15) is 17.4 Å². The maximum atomic E-state index is 13.7. The molecule has 1 nitrogen and oxygen atoms in total. The van der Waals surface area contributed by atoms with E-state index < -0.39 is 11.6 Å². The molecule has 1 unspecified atom stereocenters. The van der Waals surface area contributed by atoms with Gasteiger partial charge in [0, 0.05) is 11.9 Å². The van der Waals surface area contributed by atoms with Crippen molar-refractivity contribution in [2.24, 2.45) is 5.92 Å². The molecule has 0 amide bonds. The van der Waals surface area contributed by atoms with Gasteiger partial charge in [0.05, 0.1) is 7.11 Å². The predicted octanol–water partition coefficient (Wildman–Crippen LogP) is 4.61. The summed E-state index contributed by atoms with van der Waals surface area (Å²) in [5.74, 6) is 0.165. The van der Waals surface area contributed by atoms with Gasteiger partial charge < -0.3 is 4.74 Å². The lowest BCUT2D eigenvalue weighted by molar-refractivity contribution is 0.405. The number of benzene rings is 2. The summed E-state index contributed by atoms with van der Waals surface area (Å²) in [7, 11) is 1.62. The van der Waals surface area contributed by atoms with Crippen molar-refractivity contribution >= 4 is 11.6 Å². The summed E-state index contributed by atoms with van der Waals surface area (Å²) in [6, 6.07) is 11.3. The SMILES string of the molecule is COc1ccccc1CC(CCl)Cc1ccc(F)cc1F. The topological polar surface area (TPSA) is 9.23 Å². The van der Waals surface area contributed by atoms with Crippen molar-refractivity contribution in [1.29, 1.82) is 0 Å². The summed E-state index contributed by atoms with van der Waals surface area (Å²) in [5.41, 5.74) is 1.52. The van der Waals surface area contributed by atoms with Gasteiger partial charge in [-0.1, -0.05) is 24.3 Å². The molecule has 21 heavy (non-hydrogen) atoms. The molecule has 1 atom stereocenters. The van der Waals surface area contributed by atoms with Crippen LogP contribution in [0.4, 0.5) is 8.78 Å². The summed E-state index contributed by atoms with van der Waals surface area (Å²) < 4.78 is 32.0. The fraction of sp³-hybridized carbons (Fsp3) is 0.294. The minimum atomic E-state index is -0.566. The average molecular weight is 311 g/mol. The van der Waals surface area contributed by atoms with Crippen LogP contribution in [0.25, 0.3) is 0 Å². The largest absolute Gasteiger partial charge is 0.496 e. The number of hydrogen-bond acceptors (Lipinski definition) is 1. The van der Waals surface area contributed by atoms with E-state index in [-0.39, 0.29) is 5.92 Å². The van der Waals surface area contributed by atoms with Crippen LogP contribution in [0.3, 0.4) is 0 Å². The second kappa shape index (κ2) is 7.41. The summed E-state index contributed by atoms with van der Waals surface area (Å²) in [4.78, 5) is 0. The molecular weight excluding hydrogens is 294 g/mol. The van der Waals surface area contributed by atoms with Crippen LogP contribution in [0.15, 0.2) is 42.5 Å². The molecule has 0 aromatic heterocycles. The van der Waals surface area contributed by atoms with Gasteiger partial charge in [0.25, 0.3) is 0 Å². The van der Waals surface area contributed by atoms with E-state index >= 15 is 0 Å². The zero-order chi connectivity index (χ0) is 15.2. The molecule has 0 saturated heterocycles. The molecule has 0 radical (unpaired) electrons. The smallest absolute Gasteiger partial charge is 0.129 e. The van der Waals surface area contributed by atoms with Gasteiger partial charge in [-0.3, -0.25) is 0 Å². The van der Waals surface area contributed by atoms with Gasteiger partial charge in [-0.05, 0) is 42.0 Å². The Labute approximate surface area is 128 Å². The highest BCUT2D eigenvalue weighted by atomic mass is 35.5. The minimum absolute atomic E-state index is 0.0583. The van der Waals surface area contributed by atoms with Gasteiger partial charge in [-0.15, -0.1) is 11.6 Å². The molecule has 4 heteroatoms. The van der Waals surface area contributed by atoms with Crippen molar-refractivity contribution in [2.45, 2.75) is 12.8 Å². The van der Waals surface area contributed by atoms with Crippen LogP contribution in [-0.4, -0.2) is 13.0 Å². The lowest BCUT2D eigenvalue weighted by Gasteiger charge is -2.16. The standard InChI is InChI=1S/C17H17ClF2O/c1-21-17-5-3-2-4-14(17)9-12(11-18)8-13-6-7-15(19)10-16(13)20/h2-7,10,12H,8-9,11H2,1H3. The second-order valence-corrected chi connectivity index (χ2v) is 5.28. The lowest BCUT2D eigenvalue weighted by atomic mass is 9.93. The fourth-order valence-electron chi connectivity index (χ4n) is 2.36. The third kappa shape index (κ3) is 4.18. The van der Waals surface area contributed by atoms with Crippen molar-refractivity contribution in [3.8, 4) is 5.75 Å². The number of rotatable bonds is 6. The highest BCUT2D eigenvalue weighted by Crippen LogP contribution is 2.24. The van der Waals surface area contributed by atoms with Gasteiger partial charge >= 0.3 is 0 Å². The van der Waals surface area contributed by atoms with Crippen LogP contribution in [0, 0.1) is 17.6 Å². The van der Waals surface area contributed by atoms with Crippen molar-refractivity contribution in [2.75, 3.05) is 13.0 Å². The Morgan fingerprint density at radius 2 is 1.76 bits per heavy atom. The molecule has 0 aliphatic heterocycles. The molecule has 0 N–H and O–H groups in total. The van der Waals surface area contributed by atoms with Crippen LogP contribution in [0.1, 0.15) is 11.1 Å². The van der Waals surface area contributed by atoms with E-state index in [9.17, 15) is 8.78 Å². The number of halogens is 3. The number of ether oxygens (including phenoxy) is 1. The van der Waals surface area contributed by atoms with E-state index in [1.165, 1.54) is 12.1 Å². The van der Waals surface area contributed by atoms with Gasteiger partial charge in [-0.2, -0.15) is 0 Å². The first-order valence-electron chi connectivity index (χ1n) is 6.75. The number of para-hydroxylation sites is 1. The Kier molecular flexibility index (Phi) is 5.57. The molecule has 112 valence electrons. The van der Waals surface area contributed by atoms with Gasteiger partial charge in [-0.25, -0.2) is 8.78 Å². The van der Waals surface area contributed by atoms with Gasteiger partial charge in [0.15, 0.2) is 0 Å². The molecule has 0 spiro atoms. The Morgan fingerprint density at radius 3 is 2.43 bits per heavy atom. The summed E-state index contributed by atoms with van der Waals surface area (Å²) >= 11 is 6.01.